The molecule has 0 saturated heterocycles. The monoisotopic (exact) mass is 498 g/mol. The average Bonchev–Trinajstić information content (AvgIpc) is 2.68. The van der Waals surface area contributed by atoms with Gasteiger partial charge >= 0.3 is 0 Å². The number of guanidine groups is 1. The van der Waals surface area contributed by atoms with Gasteiger partial charge in [-0.15, -0.1) is 24.0 Å². The van der Waals surface area contributed by atoms with Crippen LogP contribution in [-0.2, 0) is 13.1 Å². The van der Waals surface area contributed by atoms with Gasteiger partial charge in [0.15, 0.2) is 5.96 Å². The number of aliphatic imine (C=N–C) groups is 1. The van der Waals surface area contributed by atoms with Crippen LogP contribution in [0.2, 0.25) is 0 Å². The van der Waals surface area contributed by atoms with Crippen LogP contribution in [0.25, 0.3) is 0 Å². The summed E-state index contributed by atoms with van der Waals surface area (Å²) in [6, 6.07) is 16.2. The van der Waals surface area contributed by atoms with Crippen molar-refractivity contribution >= 4 is 29.9 Å². The molecule has 0 aliphatic rings. The van der Waals surface area contributed by atoms with E-state index in [0.29, 0.717) is 13.2 Å². The fourth-order valence-corrected chi connectivity index (χ4v) is 2.54. The summed E-state index contributed by atoms with van der Waals surface area (Å²) in [7, 11) is 7.56. The fraction of sp³-hybridized carbons (Fsp3) is 0.381. The van der Waals surface area contributed by atoms with E-state index in [2.05, 4.69) is 58.9 Å². The van der Waals surface area contributed by atoms with E-state index in [4.69, 9.17) is 9.47 Å². The summed E-state index contributed by atoms with van der Waals surface area (Å²) in [6.45, 7) is 2.88. The number of benzene rings is 2. The molecular formula is C21H31IN4O2. The molecule has 0 amide bonds. The molecule has 0 aromatic heterocycles. The number of ether oxygens (including phenoxy) is 2. The van der Waals surface area contributed by atoms with E-state index in [1.807, 2.05) is 24.3 Å². The highest BCUT2D eigenvalue weighted by atomic mass is 127. The minimum Gasteiger partial charge on any atom is -0.497 e. The molecule has 2 aromatic rings. The Bertz CT molecular complexity index is 703. The zero-order valence-corrected chi connectivity index (χ0v) is 19.4. The summed E-state index contributed by atoms with van der Waals surface area (Å²) in [6.07, 6.45) is 0. The Balaban J connectivity index is 0.00000392. The normalized spacial score (nSPS) is 11.0. The first kappa shape index (κ1) is 24.0. The number of rotatable bonds is 9. The highest BCUT2D eigenvalue weighted by Gasteiger charge is 2.00. The van der Waals surface area contributed by atoms with Crippen molar-refractivity contribution in [3.05, 3.63) is 59.7 Å². The summed E-state index contributed by atoms with van der Waals surface area (Å²) in [4.78, 5) is 6.40. The van der Waals surface area contributed by atoms with Crippen LogP contribution in [0.15, 0.2) is 53.5 Å². The lowest BCUT2D eigenvalue weighted by Gasteiger charge is -2.13. The number of hydrogen-bond acceptors (Lipinski definition) is 4. The molecule has 0 bridgehead atoms. The molecule has 0 aliphatic heterocycles. The van der Waals surface area contributed by atoms with Crippen molar-refractivity contribution < 1.29 is 9.47 Å². The van der Waals surface area contributed by atoms with Gasteiger partial charge in [0.05, 0.1) is 13.7 Å². The second-order valence-corrected chi connectivity index (χ2v) is 6.43. The predicted octanol–water partition coefficient (Wildman–Crippen LogP) is 3.12. The summed E-state index contributed by atoms with van der Waals surface area (Å²) >= 11 is 0. The van der Waals surface area contributed by atoms with Crippen LogP contribution in [0.4, 0.5) is 0 Å². The highest BCUT2D eigenvalue weighted by Crippen LogP contribution is 2.16. The van der Waals surface area contributed by atoms with Crippen LogP contribution in [0, 0.1) is 0 Å². The van der Waals surface area contributed by atoms with Crippen LogP contribution in [0.5, 0.6) is 11.5 Å². The van der Waals surface area contributed by atoms with E-state index < -0.39 is 0 Å². The molecule has 0 fully saturated rings. The number of halogens is 1. The quantitative estimate of drug-likeness (QED) is 0.241. The van der Waals surface area contributed by atoms with Gasteiger partial charge in [-0.25, -0.2) is 0 Å². The minimum atomic E-state index is 0. The molecule has 2 N–H and O–H groups in total. The molecule has 0 atom stereocenters. The van der Waals surface area contributed by atoms with E-state index in [1.165, 1.54) is 11.1 Å². The lowest BCUT2D eigenvalue weighted by molar-refractivity contribution is 0.321. The number of hydrogen-bond donors (Lipinski definition) is 2. The Labute approximate surface area is 185 Å². The van der Waals surface area contributed by atoms with E-state index in [0.717, 1.165) is 30.5 Å². The Hall–Kier alpha value is -2.00. The van der Waals surface area contributed by atoms with E-state index in [1.54, 1.807) is 14.2 Å². The van der Waals surface area contributed by atoms with E-state index >= 15 is 0 Å². The van der Waals surface area contributed by atoms with Gasteiger partial charge in [0, 0.05) is 20.1 Å². The second kappa shape index (κ2) is 13.2. The largest absolute Gasteiger partial charge is 0.497 e. The maximum atomic E-state index is 5.70. The first-order chi connectivity index (χ1) is 13.1. The lowest BCUT2D eigenvalue weighted by atomic mass is 10.1. The number of nitrogens with one attached hydrogen (secondary N) is 2. The molecule has 0 saturated carbocycles. The smallest absolute Gasteiger partial charge is 0.191 e. The number of nitrogens with zero attached hydrogens (tertiary/aromatic N) is 2. The van der Waals surface area contributed by atoms with Gasteiger partial charge in [0.1, 0.15) is 18.1 Å². The molecule has 2 aromatic carbocycles. The molecule has 2 rings (SSSR count). The van der Waals surface area contributed by atoms with E-state index in [9.17, 15) is 0 Å². The van der Waals surface area contributed by atoms with Crippen molar-refractivity contribution in [1.82, 2.24) is 15.5 Å². The molecule has 0 unspecified atom stereocenters. The highest BCUT2D eigenvalue weighted by molar-refractivity contribution is 14.0. The van der Waals surface area contributed by atoms with Crippen molar-refractivity contribution in [2.24, 2.45) is 4.99 Å². The Morgan fingerprint density at radius 1 is 0.929 bits per heavy atom. The third-order valence-electron chi connectivity index (χ3n) is 3.93. The van der Waals surface area contributed by atoms with Crippen LogP contribution < -0.4 is 20.1 Å². The number of methoxy groups -OCH3 is 1. The van der Waals surface area contributed by atoms with Gasteiger partial charge in [-0.3, -0.25) is 4.99 Å². The van der Waals surface area contributed by atoms with Gasteiger partial charge < -0.3 is 25.0 Å². The molecule has 154 valence electrons. The van der Waals surface area contributed by atoms with Crippen LogP contribution in [-0.4, -0.2) is 52.3 Å². The molecule has 28 heavy (non-hydrogen) atoms. The first-order valence-corrected chi connectivity index (χ1v) is 9.04. The lowest BCUT2D eigenvalue weighted by Crippen LogP contribution is -2.38. The molecule has 6 nitrogen and oxygen atoms in total. The van der Waals surface area contributed by atoms with Crippen molar-refractivity contribution in [1.29, 1.82) is 0 Å². The van der Waals surface area contributed by atoms with Crippen LogP contribution >= 0.6 is 24.0 Å². The van der Waals surface area contributed by atoms with Crippen molar-refractivity contribution in [2.45, 2.75) is 13.1 Å². The first-order valence-electron chi connectivity index (χ1n) is 9.04. The summed E-state index contributed by atoms with van der Waals surface area (Å²) < 4.78 is 10.8. The van der Waals surface area contributed by atoms with Crippen molar-refractivity contribution in [3.8, 4) is 11.5 Å². The Morgan fingerprint density at radius 3 is 2.11 bits per heavy atom. The Kier molecular flexibility index (Phi) is 11.4. The third kappa shape index (κ3) is 8.79. The van der Waals surface area contributed by atoms with Crippen molar-refractivity contribution in [3.63, 3.8) is 0 Å². The zero-order chi connectivity index (χ0) is 19.5. The molecule has 7 heteroatoms. The third-order valence-corrected chi connectivity index (χ3v) is 3.93. The van der Waals surface area contributed by atoms with Gasteiger partial charge in [-0.1, -0.05) is 24.3 Å². The maximum absolute atomic E-state index is 5.70. The van der Waals surface area contributed by atoms with Crippen LogP contribution in [0.3, 0.4) is 0 Å². The van der Waals surface area contributed by atoms with Gasteiger partial charge in [-0.2, -0.15) is 0 Å². The van der Waals surface area contributed by atoms with E-state index in [-0.39, 0.29) is 24.0 Å². The van der Waals surface area contributed by atoms with Gasteiger partial charge in [0.2, 0.25) is 0 Å². The standard InChI is InChI=1S/C21H30N4O2.HI/c1-22-21(23-13-14-27-20-11-9-19(26-4)10-12-20)24-15-17-5-7-18(8-6-17)16-25(2)3;/h5-12H,13-16H2,1-4H3,(H2,22,23,24);1H. The molecule has 0 radical (unpaired) electrons. The molecule has 0 spiro atoms. The van der Waals surface area contributed by atoms with Crippen LogP contribution in [0.1, 0.15) is 11.1 Å². The average molecular weight is 498 g/mol. The predicted molar refractivity (Wildman–Crippen MR) is 126 cm³/mol. The summed E-state index contributed by atoms with van der Waals surface area (Å²) in [5.74, 6) is 2.39. The summed E-state index contributed by atoms with van der Waals surface area (Å²) in [5.41, 5.74) is 2.52. The Morgan fingerprint density at radius 2 is 1.54 bits per heavy atom. The maximum Gasteiger partial charge on any atom is 0.191 e. The molecular weight excluding hydrogens is 467 g/mol. The van der Waals surface area contributed by atoms with Gasteiger partial charge in [-0.05, 0) is 49.5 Å². The molecule has 0 aliphatic carbocycles. The fourth-order valence-electron chi connectivity index (χ4n) is 2.54. The second-order valence-electron chi connectivity index (χ2n) is 6.43. The minimum absolute atomic E-state index is 0. The summed E-state index contributed by atoms with van der Waals surface area (Å²) in [5, 5.41) is 6.57. The topological polar surface area (TPSA) is 58.1 Å². The molecule has 0 heterocycles. The van der Waals surface area contributed by atoms with Gasteiger partial charge in [0.25, 0.3) is 0 Å². The van der Waals surface area contributed by atoms with Crippen molar-refractivity contribution in [2.75, 3.05) is 41.4 Å². The SMILES string of the molecule is CN=C(NCCOc1ccc(OC)cc1)NCc1ccc(CN(C)C)cc1.I. The zero-order valence-electron chi connectivity index (χ0n) is 17.1.